The number of anilines is 2. The van der Waals surface area contributed by atoms with Crippen LogP contribution in [0.5, 0.6) is 0 Å². The van der Waals surface area contributed by atoms with Crippen molar-refractivity contribution in [2.75, 3.05) is 11.1 Å². The van der Waals surface area contributed by atoms with Crippen LogP contribution >= 0.6 is 0 Å². The molecule has 5 nitrogen and oxygen atoms in total. The predicted octanol–water partition coefficient (Wildman–Crippen LogP) is 1.28. The Balaban J connectivity index is 2.05. The van der Waals surface area contributed by atoms with E-state index in [1.54, 1.807) is 0 Å². The molecule has 0 atom stereocenters. The highest BCUT2D eigenvalue weighted by molar-refractivity contribution is 5.65. The number of rotatable bonds is 3. The van der Waals surface area contributed by atoms with E-state index in [-0.39, 0.29) is 6.10 Å². The molecule has 1 aliphatic carbocycles. The first kappa shape index (κ1) is 12.2. The van der Waals surface area contributed by atoms with Crippen LogP contribution in [0.3, 0.4) is 0 Å². The maximum absolute atomic E-state index is 9.47. The van der Waals surface area contributed by atoms with Crippen molar-refractivity contribution in [3.8, 4) is 0 Å². The summed E-state index contributed by atoms with van der Waals surface area (Å²) in [6.45, 7) is 2.05. The van der Waals surface area contributed by atoms with E-state index in [1.165, 1.54) is 0 Å². The Morgan fingerprint density at radius 3 is 2.59 bits per heavy atom. The van der Waals surface area contributed by atoms with Crippen molar-refractivity contribution in [2.45, 2.75) is 51.2 Å². The third-order valence-electron chi connectivity index (χ3n) is 3.53. The molecule has 17 heavy (non-hydrogen) atoms. The normalized spacial score (nSPS) is 24.9. The SMILES string of the molecule is CCc1nn(C)c(NC2CCC(O)CC2)c1N. The van der Waals surface area contributed by atoms with Crippen molar-refractivity contribution >= 4 is 11.5 Å². The molecule has 96 valence electrons. The van der Waals surface area contributed by atoms with Gasteiger partial charge in [0.1, 0.15) is 5.82 Å². The van der Waals surface area contributed by atoms with Gasteiger partial charge >= 0.3 is 0 Å². The van der Waals surface area contributed by atoms with Gasteiger partial charge in [0.05, 0.1) is 17.5 Å². The molecular formula is C12H22N4O. The average molecular weight is 238 g/mol. The maximum atomic E-state index is 9.47. The molecule has 1 saturated carbocycles. The molecule has 1 aromatic rings. The molecule has 5 heteroatoms. The number of hydrogen-bond donors (Lipinski definition) is 3. The minimum Gasteiger partial charge on any atom is -0.394 e. The summed E-state index contributed by atoms with van der Waals surface area (Å²) in [6.07, 6.45) is 4.46. The number of aliphatic hydroxyl groups is 1. The molecule has 4 N–H and O–H groups in total. The molecule has 0 spiro atoms. The van der Waals surface area contributed by atoms with Gasteiger partial charge in [0.15, 0.2) is 0 Å². The Bertz CT molecular complexity index is 380. The number of nitrogens with one attached hydrogen (secondary N) is 1. The maximum Gasteiger partial charge on any atom is 0.147 e. The smallest absolute Gasteiger partial charge is 0.147 e. The van der Waals surface area contributed by atoms with Crippen LogP contribution in [0, 0.1) is 0 Å². The summed E-state index contributed by atoms with van der Waals surface area (Å²) in [4.78, 5) is 0. The second-order valence-corrected chi connectivity index (χ2v) is 4.84. The van der Waals surface area contributed by atoms with Crippen LogP contribution in [0.15, 0.2) is 0 Å². The Kier molecular flexibility index (Phi) is 3.57. The summed E-state index contributed by atoms with van der Waals surface area (Å²) in [6, 6.07) is 0.404. The molecule has 0 radical (unpaired) electrons. The quantitative estimate of drug-likeness (QED) is 0.741. The van der Waals surface area contributed by atoms with E-state index in [0.29, 0.717) is 6.04 Å². The Labute approximate surface area is 102 Å². The minimum atomic E-state index is -0.122. The molecule has 0 aromatic carbocycles. The fourth-order valence-corrected chi connectivity index (χ4v) is 2.44. The van der Waals surface area contributed by atoms with E-state index >= 15 is 0 Å². The summed E-state index contributed by atoms with van der Waals surface area (Å²) in [5, 5.41) is 17.3. The van der Waals surface area contributed by atoms with Crippen LogP contribution in [0.2, 0.25) is 0 Å². The number of aromatic nitrogens is 2. The van der Waals surface area contributed by atoms with Gasteiger partial charge in [-0.15, -0.1) is 0 Å². The van der Waals surface area contributed by atoms with Crippen LogP contribution in [0.4, 0.5) is 11.5 Å². The van der Waals surface area contributed by atoms with E-state index in [0.717, 1.165) is 49.3 Å². The van der Waals surface area contributed by atoms with Crippen LogP contribution in [0.1, 0.15) is 38.3 Å². The molecule has 1 aliphatic rings. The zero-order valence-corrected chi connectivity index (χ0v) is 10.6. The second-order valence-electron chi connectivity index (χ2n) is 4.84. The molecule has 1 heterocycles. The van der Waals surface area contributed by atoms with Gasteiger partial charge in [-0.1, -0.05) is 6.92 Å². The number of hydrogen-bond acceptors (Lipinski definition) is 4. The van der Waals surface area contributed by atoms with E-state index in [2.05, 4.69) is 17.3 Å². The lowest BCUT2D eigenvalue weighted by molar-refractivity contribution is 0.126. The molecule has 2 rings (SSSR count). The van der Waals surface area contributed by atoms with Crippen LogP contribution < -0.4 is 11.1 Å². The predicted molar refractivity (Wildman–Crippen MR) is 68.9 cm³/mol. The summed E-state index contributed by atoms with van der Waals surface area (Å²) >= 11 is 0. The van der Waals surface area contributed by atoms with E-state index in [9.17, 15) is 5.11 Å². The second kappa shape index (κ2) is 4.96. The first-order valence-corrected chi connectivity index (χ1v) is 6.37. The largest absolute Gasteiger partial charge is 0.394 e. The lowest BCUT2D eigenvalue weighted by Gasteiger charge is -2.27. The summed E-state index contributed by atoms with van der Waals surface area (Å²) in [7, 11) is 1.91. The van der Waals surface area contributed by atoms with Crippen molar-refractivity contribution < 1.29 is 5.11 Å². The number of nitrogen functional groups attached to an aromatic ring is 1. The fourth-order valence-electron chi connectivity index (χ4n) is 2.44. The molecule has 0 unspecified atom stereocenters. The topological polar surface area (TPSA) is 76.1 Å². The number of aliphatic hydroxyl groups excluding tert-OH is 1. The van der Waals surface area contributed by atoms with Gasteiger partial charge in [0.25, 0.3) is 0 Å². The van der Waals surface area contributed by atoms with Crippen molar-refractivity contribution in [3.63, 3.8) is 0 Å². The van der Waals surface area contributed by atoms with Crippen molar-refractivity contribution in [1.29, 1.82) is 0 Å². The fraction of sp³-hybridized carbons (Fsp3) is 0.750. The van der Waals surface area contributed by atoms with E-state index < -0.39 is 0 Å². The third kappa shape index (κ3) is 2.54. The van der Waals surface area contributed by atoms with Crippen molar-refractivity contribution in [1.82, 2.24) is 9.78 Å². The van der Waals surface area contributed by atoms with Gasteiger partial charge in [0.2, 0.25) is 0 Å². The van der Waals surface area contributed by atoms with Crippen molar-refractivity contribution in [3.05, 3.63) is 5.69 Å². The van der Waals surface area contributed by atoms with Gasteiger partial charge in [-0.05, 0) is 32.1 Å². The minimum absolute atomic E-state index is 0.122. The van der Waals surface area contributed by atoms with E-state index in [1.807, 2.05) is 11.7 Å². The van der Waals surface area contributed by atoms with Gasteiger partial charge in [-0.2, -0.15) is 5.10 Å². The van der Waals surface area contributed by atoms with Crippen LogP contribution in [0.25, 0.3) is 0 Å². The lowest BCUT2D eigenvalue weighted by atomic mass is 9.93. The number of nitrogens with two attached hydrogens (primary N) is 1. The van der Waals surface area contributed by atoms with E-state index in [4.69, 9.17) is 5.73 Å². The zero-order chi connectivity index (χ0) is 12.4. The van der Waals surface area contributed by atoms with Crippen LogP contribution in [-0.2, 0) is 13.5 Å². The van der Waals surface area contributed by atoms with Gasteiger partial charge in [0, 0.05) is 13.1 Å². The summed E-state index contributed by atoms with van der Waals surface area (Å²) < 4.78 is 1.82. The molecule has 0 bridgehead atoms. The Morgan fingerprint density at radius 1 is 1.41 bits per heavy atom. The highest BCUT2D eigenvalue weighted by atomic mass is 16.3. The Morgan fingerprint density at radius 2 is 2.06 bits per heavy atom. The summed E-state index contributed by atoms with van der Waals surface area (Å²) in [5.74, 6) is 0.920. The first-order valence-electron chi connectivity index (χ1n) is 6.37. The molecule has 0 amide bonds. The molecule has 1 aromatic heterocycles. The first-order chi connectivity index (χ1) is 8.11. The molecular weight excluding hydrogens is 216 g/mol. The number of aryl methyl sites for hydroxylation is 2. The monoisotopic (exact) mass is 238 g/mol. The van der Waals surface area contributed by atoms with Crippen molar-refractivity contribution in [2.24, 2.45) is 7.05 Å². The standard InChI is InChI=1S/C12H22N4O/c1-3-10-11(13)12(16(2)15-10)14-8-4-6-9(17)7-5-8/h8-9,14,17H,3-7,13H2,1-2H3. The Hall–Kier alpha value is -1.23. The van der Waals surface area contributed by atoms with Crippen LogP contribution in [-0.4, -0.2) is 27.0 Å². The average Bonchev–Trinajstić information content (AvgIpc) is 2.59. The highest BCUT2D eigenvalue weighted by Gasteiger charge is 2.21. The molecule has 0 saturated heterocycles. The number of nitrogens with zero attached hydrogens (tertiary/aromatic N) is 2. The van der Waals surface area contributed by atoms with Gasteiger partial charge in [-0.3, -0.25) is 4.68 Å². The van der Waals surface area contributed by atoms with Gasteiger partial charge in [-0.25, -0.2) is 0 Å². The molecule has 0 aliphatic heterocycles. The van der Waals surface area contributed by atoms with Gasteiger partial charge < -0.3 is 16.2 Å². The third-order valence-corrected chi connectivity index (χ3v) is 3.53. The lowest BCUT2D eigenvalue weighted by Crippen LogP contribution is -2.29. The highest BCUT2D eigenvalue weighted by Crippen LogP contribution is 2.27. The molecule has 1 fully saturated rings. The zero-order valence-electron chi connectivity index (χ0n) is 10.6. The summed E-state index contributed by atoms with van der Waals surface area (Å²) in [5.41, 5.74) is 7.78.